The Bertz CT molecular complexity index is 900. The Morgan fingerprint density at radius 1 is 1.14 bits per heavy atom. The first-order chi connectivity index (χ1) is 14.0. The molecule has 2 aliphatic rings. The van der Waals surface area contributed by atoms with E-state index >= 15 is 0 Å². The summed E-state index contributed by atoms with van der Waals surface area (Å²) in [4.78, 5) is 26.6. The summed E-state index contributed by atoms with van der Waals surface area (Å²) < 4.78 is 5.74. The molecule has 2 aromatic rings. The number of likely N-dealkylation sites (N-methyl/N-ethyl adjacent to an activating group) is 1. The van der Waals surface area contributed by atoms with Gasteiger partial charge in [-0.1, -0.05) is 55.5 Å². The number of fused-ring (bicyclic) bond motifs is 3. The summed E-state index contributed by atoms with van der Waals surface area (Å²) in [5.74, 6) is -0.271. The fraction of sp³-hybridized carbons (Fsp3) is 0.391. The van der Waals surface area contributed by atoms with Crippen molar-refractivity contribution in [2.24, 2.45) is 0 Å². The highest BCUT2D eigenvalue weighted by molar-refractivity contribution is 8.00. The molecule has 1 aliphatic carbocycles. The first-order valence-corrected chi connectivity index (χ1v) is 11.0. The number of hydrogen-bond donors (Lipinski definition) is 1. The number of amides is 1. The van der Waals surface area contributed by atoms with E-state index in [4.69, 9.17) is 4.74 Å². The molecular weight excluding hydrogens is 386 g/mol. The number of carbonyl (C=O) groups excluding carboxylic acids is 1. The maximum absolute atomic E-state index is 13.0. The third-order valence-corrected chi connectivity index (χ3v) is 7.58. The van der Waals surface area contributed by atoms with Crippen molar-refractivity contribution in [3.8, 4) is 11.1 Å². The molecule has 6 heteroatoms. The molecule has 4 rings (SSSR count). The highest BCUT2D eigenvalue weighted by atomic mass is 32.2. The van der Waals surface area contributed by atoms with Crippen molar-refractivity contribution < 1.29 is 19.4 Å². The van der Waals surface area contributed by atoms with E-state index in [-0.39, 0.29) is 17.8 Å². The number of ether oxygens (including phenoxy) is 1. The topological polar surface area (TPSA) is 66.8 Å². The molecule has 1 fully saturated rings. The molecule has 2 unspecified atom stereocenters. The number of carboxylic acid groups (broad SMARTS) is 1. The predicted molar refractivity (Wildman–Crippen MR) is 114 cm³/mol. The van der Waals surface area contributed by atoms with Gasteiger partial charge < -0.3 is 9.84 Å². The van der Waals surface area contributed by atoms with Crippen LogP contribution in [0.5, 0.6) is 0 Å². The van der Waals surface area contributed by atoms with Gasteiger partial charge in [0.15, 0.2) is 5.54 Å². The quantitative estimate of drug-likeness (QED) is 0.778. The lowest BCUT2D eigenvalue weighted by Crippen LogP contribution is -2.60. The Morgan fingerprint density at radius 2 is 1.72 bits per heavy atom. The van der Waals surface area contributed by atoms with Crippen LogP contribution in [-0.2, 0) is 9.53 Å². The Hall–Kier alpha value is -2.47. The van der Waals surface area contributed by atoms with Crippen LogP contribution in [0.4, 0.5) is 4.79 Å². The summed E-state index contributed by atoms with van der Waals surface area (Å²) in [7, 11) is 0. The van der Waals surface area contributed by atoms with Crippen LogP contribution in [0.15, 0.2) is 48.5 Å². The van der Waals surface area contributed by atoms with E-state index in [1.807, 2.05) is 38.1 Å². The molecule has 1 amide bonds. The Labute approximate surface area is 175 Å². The van der Waals surface area contributed by atoms with Crippen LogP contribution in [0.25, 0.3) is 11.1 Å². The third kappa shape index (κ3) is 3.10. The summed E-state index contributed by atoms with van der Waals surface area (Å²) in [5.41, 5.74) is 3.41. The lowest BCUT2D eigenvalue weighted by atomic mass is 9.90. The van der Waals surface area contributed by atoms with Crippen LogP contribution in [0.2, 0.25) is 0 Å². The standard InChI is InChI=1S/C23H25NO4S/c1-3-24(23(21(25)26)12-13-29-15(23)2)22(27)28-14-20-18-10-6-4-8-16(18)17-9-5-7-11-19(17)20/h4-11,15,20H,3,12-14H2,1-2H3,(H,25,26). The van der Waals surface area contributed by atoms with Gasteiger partial charge in [-0.2, -0.15) is 11.8 Å². The van der Waals surface area contributed by atoms with E-state index in [9.17, 15) is 14.7 Å². The Balaban J connectivity index is 1.57. The lowest BCUT2D eigenvalue weighted by molar-refractivity contribution is -0.150. The van der Waals surface area contributed by atoms with Crippen LogP contribution in [-0.4, -0.2) is 51.8 Å². The van der Waals surface area contributed by atoms with Gasteiger partial charge in [0, 0.05) is 17.7 Å². The number of nitrogens with zero attached hydrogens (tertiary/aromatic N) is 1. The Kier molecular flexibility index (Phi) is 5.30. The predicted octanol–water partition coefficient (Wildman–Crippen LogP) is 4.61. The summed E-state index contributed by atoms with van der Waals surface area (Å²) in [6.45, 7) is 4.18. The normalized spacial score (nSPS) is 22.8. The average Bonchev–Trinajstić information content (AvgIpc) is 3.26. The number of benzene rings is 2. The number of aliphatic carboxylic acids is 1. The van der Waals surface area contributed by atoms with Crippen LogP contribution < -0.4 is 0 Å². The fourth-order valence-corrected chi connectivity index (χ4v) is 6.13. The van der Waals surface area contributed by atoms with E-state index < -0.39 is 17.6 Å². The van der Waals surface area contributed by atoms with E-state index in [1.54, 1.807) is 11.8 Å². The van der Waals surface area contributed by atoms with Gasteiger partial charge in [-0.15, -0.1) is 0 Å². The highest BCUT2D eigenvalue weighted by Crippen LogP contribution is 2.45. The molecule has 1 N–H and O–H groups in total. The number of hydrogen-bond acceptors (Lipinski definition) is 4. The van der Waals surface area contributed by atoms with Gasteiger partial charge >= 0.3 is 12.1 Å². The highest BCUT2D eigenvalue weighted by Gasteiger charge is 2.54. The van der Waals surface area contributed by atoms with Gasteiger partial charge in [-0.25, -0.2) is 9.59 Å². The minimum absolute atomic E-state index is 0.0405. The second-order valence-electron chi connectivity index (χ2n) is 7.54. The molecule has 5 nitrogen and oxygen atoms in total. The fourth-order valence-electron chi connectivity index (χ4n) is 4.73. The summed E-state index contributed by atoms with van der Waals surface area (Å²) in [6, 6.07) is 16.3. The number of carboxylic acids is 1. The summed E-state index contributed by atoms with van der Waals surface area (Å²) >= 11 is 1.59. The number of thioether (sulfide) groups is 1. The van der Waals surface area contributed by atoms with Crippen LogP contribution >= 0.6 is 11.8 Å². The average molecular weight is 412 g/mol. The van der Waals surface area contributed by atoms with Crippen molar-refractivity contribution in [2.45, 2.75) is 37.0 Å². The molecule has 1 heterocycles. The van der Waals surface area contributed by atoms with Crippen LogP contribution in [0.3, 0.4) is 0 Å². The van der Waals surface area contributed by atoms with Crippen molar-refractivity contribution in [3.63, 3.8) is 0 Å². The van der Waals surface area contributed by atoms with E-state index in [2.05, 4.69) is 24.3 Å². The molecule has 0 radical (unpaired) electrons. The number of carbonyl (C=O) groups is 2. The van der Waals surface area contributed by atoms with Gasteiger partial charge in [0.2, 0.25) is 0 Å². The second-order valence-corrected chi connectivity index (χ2v) is 8.99. The molecule has 2 atom stereocenters. The molecule has 0 saturated carbocycles. The monoisotopic (exact) mass is 411 g/mol. The minimum atomic E-state index is -1.21. The number of rotatable bonds is 5. The summed E-state index contributed by atoms with van der Waals surface area (Å²) in [5, 5.41) is 9.78. The minimum Gasteiger partial charge on any atom is -0.479 e. The molecule has 1 aliphatic heterocycles. The van der Waals surface area contributed by atoms with Gasteiger partial charge in [-0.05, 0) is 41.4 Å². The van der Waals surface area contributed by atoms with Crippen LogP contribution in [0, 0.1) is 0 Å². The van der Waals surface area contributed by atoms with Crippen molar-refractivity contribution in [2.75, 3.05) is 18.9 Å². The molecular formula is C23H25NO4S. The third-order valence-electron chi connectivity index (χ3n) is 6.25. The van der Waals surface area contributed by atoms with Crippen LogP contribution in [0.1, 0.15) is 37.3 Å². The molecule has 1 saturated heterocycles. The zero-order chi connectivity index (χ0) is 20.6. The van der Waals surface area contributed by atoms with Gasteiger partial charge in [0.1, 0.15) is 6.61 Å². The second kappa shape index (κ2) is 7.75. The van der Waals surface area contributed by atoms with E-state index in [1.165, 1.54) is 16.0 Å². The summed E-state index contributed by atoms with van der Waals surface area (Å²) in [6.07, 6.45) is -0.113. The zero-order valence-corrected chi connectivity index (χ0v) is 17.4. The van der Waals surface area contributed by atoms with Crippen molar-refractivity contribution >= 4 is 23.8 Å². The lowest BCUT2D eigenvalue weighted by Gasteiger charge is -2.39. The van der Waals surface area contributed by atoms with Crippen molar-refractivity contribution in [3.05, 3.63) is 59.7 Å². The Morgan fingerprint density at radius 3 is 2.21 bits per heavy atom. The molecule has 2 aromatic carbocycles. The molecule has 152 valence electrons. The van der Waals surface area contributed by atoms with Gasteiger partial charge in [-0.3, -0.25) is 4.90 Å². The molecule has 0 aromatic heterocycles. The van der Waals surface area contributed by atoms with E-state index in [0.717, 1.165) is 16.9 Å². The first-order valence-electron chi connectivity index (χ1n) is 9.98. The van der Waals surface area contributed by atoms with Gasteiger partial charge in [0.05, 0.1) is 0 Å². The first kappa shape index (κ1) is 19.8. The molecule has 29 heavy (non-hydrogen) atoms. The maximum Gasteiger partial charge on any atom is 0.410 e. The van der Waals surface area contributed by atoms with Crippen molar-refractivity contribution in [1.82, 2.24) is 4.90 Å². The largest absolute Gasteiger partial charge is 0.479 e. The smallest absolute Gasteiger partial charge is 0.410 e. The molecule has 0 spiro atoms. The maximum atomic E-state index is 13.0. The van der Waals surface area contributed by atoms with Crippen molar-refractivity contribution in [1.29, 1.82) is 0 Å². The SMILES string of the molecule is CCN(C(=O)OCC1c2ccccc2-c2ccccc21)C1(C(=O)O)CCSC1C. The van der Waals surface area contributed by atoms with Gasteiger partial charge in [0.25, 0.3) is 0 Å². The van der Waals surface area contributed by atoms with E-state index in [0.29, 0.717) is 13.0 Å². The zero-order valence-electron chi connectivity index (χ0n) is 16.6. The molecule has 0 bridgehead atoms.